The van der Waals surface area contributed by atoms with Crippen LogP contribution in [0.15, 0.2) is 29.2 Å². The number of esters is 1. The Kier molecular flexibility index (Phi) is 3.79. The van der Waals surface area contributed by atoms with Crippen molar-refractivity contribution < 1.29 is 22.7 Å². The number of hydrogen-bond donors (Lipinski definition) is 0. The van der Waals surface area contributed by atoms with Crippen molar-refractivity contribution >= 4 is 21.9 Å². The molecule has 1 amide bonds. The molecule has 21 heavy (non-hydrogen) atoms. The summed E-state index contributed by atoms with van der Waals surface area (Å²) in [5, 5.41) is 0. The number of nitrogens with zero attached hydrogens (tertiary/aromatic N) is 1. The fourth-order valence-corrected chi connectivity index (χ4v) is 3.61. The number of carbonyl (C=O) groups excluding carboxylic acids is 2. The molecule has 7 heteroatoms. The van der Waals surface area contributed by atoms with Gasteiger partial charge in [-0.1, -0.05) is 12.1 Å². The lowest BCUT2D eigenvalue weighted by Gasteiger charge is -2.20. The van der Waals surface area contributed by atoms with E-state index in [-0.39, 0.29) is 23.4 Å². The molecule has 2 rings (SSSR count). The Balaban J connectivity index is 2.13. The number of sulfonamides is 1. The minimum atomic E-state index is -3.86. The third-order valence-corrected chi connectivity index (χ3v) is 4.69. The Morgan fingerprint density at radius 3 is 2.43 bits per heavy atom. The Morgan fingerprint density at radius 2 is 1.86 bits per heavy atom. The van der Waals surface area contributed by atoms with Gasteiger partial charge in [0.2, 0.25) is 0 Å². The van der Waals surface area contributed by atoms with Crippen molar-refractivity contribution in [2.45, 2.75) is 37.7 Å². The second kappa shape index (κ2) is 5.14. The number of fused-ring (bicyclic) bond motifs is 1. The van der Waals surface area contributed by atoms with Crippen molar-refractivity contribution in [3.05, 3.63) is 29.8 Å². The smallest absolute Gasteiger partial charge is 0.308 e. The molecule has 6 nitrogen and oxygen atoms in total. The van der Waals surface area contributed by atoms with Gasteiger partial charge in [0, 0.05) is 6.54 Å². The summed E-state index contributed by atoms with van der Waals surface area (Å²) in [6, 6.07) is 6.00. The Morgan fingerprint density at radius 1 is 1.24 bits per heavy atom. The molecule has 0 saturated carbocycles. The maximum atomic E-state index is 12.2. The summed E-state index contributed by atoms with van der Waals surface area (Å²) in [7, 11) is -3.86. The van der Waals surface area contributed by atoms with Crippen molar-refractivity contribution in [2.24, 2.45) is 0 Å². The van der Waals surface area contributed by atoms with Gasteiger partial charge < -0.3 is 4.74 Å². The highest BCUT2D eigenvalue weighted by Crippen LogP contribution is 2.29. The highest BCUT2D eigenvalue weighted by atomic mass is 32.2. The molecule has 1 aromatic rings. The zero-order chi connectivity index (χ0) is 15.8. The van der Waals surface area contributed by atoms with E-state index in [1.165, 1.54) is 12.1 Å². The maximum Gasteiger partial charge on any atom is 0.308 e. The lowest BCUT2D eigenvalue weighted by Crippen LogP contribution is -2.33. The van der Waals surface area contributed by atoms with Crippen LogP contribution in [0.4, 0.5) is 0 Å². The van der Waals surface area contributed by atoms with Crippen LogP contribution in [0.3, 0.4) is 0 Å². The van der Waals surface area contributed by atoms with Crippen LogP contribution >= 0.6 is 0 Å². The van der Waals surface area contributed by atoms with Crippen LogP contribution in [0, 0.1) is 0 Å². The summed E-state index contributed by atoms with van der Waals surface area (Å²) in [5.41, 5.74) is -0.504. The number of ether oxygens (including phenoxy) is 1. The standard InChI is InChI=1S/C14H17NO5S/c1-14(2,3)20-12(16)8-9-15-13(17)10-6-4-5-7-11(10)21(15,18)19/h4-7H,8-9H2,1-3H3. The third-order valence-electron chi connectivity index (χ3n) is 2.85. The zero-order valence-electron chi connectivity index (χ0n) is 12.1. The molecule has 0 atom stereocenters. The average molecular weight is 311 g/mol. The summed E-state index contributed by atoms with van der Waals surface area (Å²) < 4.78 is 30.3. The lowest BCUT2D eigenvalue weighted by atomic mass is 10.2. The Hall–Kier alpha value is -1.89. The van der Waals surface area contributed by atoms with Gasteiger partial charge in [0.05, 0.1) is 12.0 Å². The minimum absolute atomic E-state index is 0.0146. The summed E-state index contributed by atoms with van der Waals surface area (Å²) in [6.07, 6.45) is -0.170. The Labute approximate surface area is 123 Å². The van der Waals surface area contributed by atoms with Crippen LogP contribution in [0.5, 0.6) is 0 Å². The van der Waals surface area contributed by atoms with Gasteiger partial charge in [-0.25, -0.2) is 12.7 Å². The largest absolute Gasteiger partial charge is 0.460 e. The maximum absolute atomic E-state index is 12.2. The first-order chi connectivity index (χ1) is 9.63. The second-order valence-corrected chi connectivity index (χ2v) is 7.55. The van der Waals surface area contributed by atoms with Crippen molar-refractivity contribution in [1.29, 1.82) is 0 Å². The summed E-state index contributed by atoms with van der Waals surface area (Å²) in [4.78, 5) is 23.7. The number of hydrogen-bond acceptors (Lipinski definition) is 5. The fourth-order valence-electron chi connectivity index (χ4n) is 2.04. The highest BCUT2D eigenvalue weighted by Gasteiger charge is 2.40. The van der Waals surface area contributed by atoms with E-state index >= 15 is 0 Å². The van der Waals surface area contributed by atoms with E-state index in [4.69, 9.17) is 4.74 Å². The SMILES string of the molecule is CC(C)(C)OC(=O)CCN1C(=O)c2ccccc2S1(=O)=O. The normalized spacial score (nSPS) is 16.7. The van der Waals surface area contributed by atoms with Gasteiger partial charge in [0.1, 0.15) is 10.5 Å². The van der Waals surface area contributed by atoms with E-state index in [2.05, 4.69) is 0 Å². The van der Waals surface area contributed by atoms with Gasteiger partial charge in [-0.15, -0.1) is 0 Å². The number of carbonyl (C=O) groups is 2. The summed E-state index contributed by atoms with van der Waals surface area (Å²) >= 11 is 0. The molecule has 0 spiro atoms. The van der Waals surface area contributed by atoms with Gasteiger partial charge in [-0.05, 0) is 32.9 Å². The average Bonchev–Trinajstić information content (AvgIpc) is 2.54. The van der Waals surface area contributed by atoms with Gasteiger partial charge in [-0.2, -0.15) is 0 Å². The molecular formula is C14H17NO5S. The summed E-state index contributed by atoms with van der Waals surface area (Å²) in [5.74, 6) is -1.14. The molecule has 0 radical (unpaired) electrons. The predicted octanol–water partition coefficient (Wildman–Crippen LogP) is 1.56. The second-order valence-electron chi connectivity index (χ2n) is 5.71. The number of amides is 1. The first kappa shape index (κ1) is 15.5. The van der Waals surface area contributed by atoms with Gasteiger partial charge in [0.15, 0.2) is 0 Å². The monoisotopic (exact) mass is 311 g/mol. The third kappa shape index (κ3) is 3.07. The van der Waals surface area contributed by atoms with E-state index in [0.29, 0.717) is 0 Å². The molecule has 0 unspecified atom stereocenters. The van der Waals surface area contributed by atoms with E-state index < -0.39 is 27.5 Å². The van der Waals surface area contributed by atoms with Crippen LogP contribution in [-0.4, -0.2) is 36.7 Å². The molecule has 0 saturated heterocycles. The summed E-state index contributed by atoms with van der Waals surface area (Å²) in [6.45, 7) is 4.94. The number of benzene rings is 1. The molecule has 1 heterocycles. The van der Waals surface area contributed by atoms with Crippen LogP contribution < -0.4 is 0 Å². The van der Waals surface area contributed by atoms with Crippen LogP contribution in [-0.2, 0) is 19.6 Å². The highest BCUT2D eigenvalue weighted by molar-refractivity contribution is 7.90. The zero-order valence-corrected chi connectivity index (χ0v) is 12.9. The van der Waals surface area contributed by atoms with Crippen molar-refractivity contribution in [3.63, 3.8) is 0 Å². The molecule has 1 aromatic carbocycles. The van der Waals surface area contributed by atoms with E-state index in [1.807, 2.05) is 0 Å². The predicted molar refractivity (Wildman–Crippen MR) is 75.1 cm³/mol. The topological polar surface area (TPSA) is 80.8 Å². The minimum Gasteiger partial charge on any atom is -0.460 e. The van der Waals surface area contributed by atoms with Crippen molar-refractivity contribution in [3.8, 4) is 0 Å². The molecule has 0 fully saturated rings. The van der Waals surface area contributed by atoms with Crippen LogP contribution in [0.2, 0.25) is 0 Å². The van der Waals surface area contributed by atoms with E-state index in [1.54, 1.807) is 32.9 Å². The van der Waals surface area contributed by atoms with E-state index in [0.717, 1.165) is 4.31 Å². The molecule has 0 bridgehead atoms. The molecule has 0 aliphatic carbocycles. The number of rotatable bonds is 3. The van der Waals surface area contributed by atoms with Gasteiger partial charge in [0.25, 0.3) is 15.9 Å². The van der Waals surface area contributed by atoms with Crippen molar-refractivity contribution in [2.75, 3.05) is 6.54 Å². The lowest BCUT2D eigenvalue weighted by molar-refractivity contribution is -0.154. The van der Waals surface area contributed by atoms with Gasteiger partial charge in [-0.3, -0.25) is 9.59 Å². The molecule has 0 N–H and O–H groups in total. The van der Waals surface area contributed by atoms with E-state index in [9.17, 15) is 18.0 Å². The molecule has 1 aliphatic rings. The Bertz CT molecular complexity index is 688. The molecule has 0 aromatic heterocycles. The molecule has 114 valence electrons. The van der Waals surface area contributed by atoms with Crippen LogP contribution in [0.1, 0.15) is 37.6 Å². The molecule has 1 aliphatic heterocycles. The molecular weight excluding hydrogens is 294 g/mol. The van der Waals surface area contributed by atoms with Crippen LogP contribution in [0.25, 0.3) is 0 Å². The van der Waals surface area contributed by atoms with Crippen molar-refractivity contribution in [1.82, 2.24) is 4.31 Å². The fraction of sp³-hybridized carbons (Fsp3) is 0.429. The first-order valence-electron chi connectivity index (χ1n) is 6.51. The quantitative estimate of drug-likeness (QED) is 0.791. The van der Waals surface area contributed by atoms with Gasteiger partial charge >= 0.3 is 5.97 Å². The first-order valence-corrected chi connectivity index (χ1v) is 7.95.